The van der Waals surface area contributed by atoms with Crippen molar-refractivity contribution < 1.29 is 8.42 Å². The van der Waals surface area contributed by atoms with Gasteiger partial charge in [0.1, 0.15) is 0 Å². The van der Waals surface area contributed by atoms with Gasteiger partial charge in [-0.25, -0.2) is 8.42 Å². The lowest BCUT2D eigenvalue weighted by atomic mass is 10.0. The van der Waals surface area contributed by atoms with Gasteiger partial charge in [-0.3, -0.25) is 9.29 Å². The first kappa shape index (κ1) is 21.0. The number of rotatable bonds is 4. The highest BCUT2D eigenvalue weighted by Crippen LogP contribution is 2.36. The van der Waals surface area contributed by atoms with E-state index in [1.54, 1.807) is 54.9 Å². The third-order valence-electron chi connectivity index (χ3n) is 5.58. The first-order valence-electron chi connectivity index (χ1n) is 10.0. The Balaban J connectivity index is 1.45. The summed E-state index contributed by atoms with van der Waals surface area (Å²) in [6.07, 6.45) is 4.17. The molecular formula is C25H18Cl2N2O2S. The van der Waals surface area contributed by atoms with Gasteiger partial charge in [0.05, 0.1) is 10.6 Å². The summed E-state index contributed by atoms with van der Waals surface area (Å²) in [5.74, 6) is 0. The van der Waals surface area contributed by atoms with Crippen molar-refractivity contribution in [2.75, 3.05) is 10.8 Å². The number of halogens is 2. The van der Waals surface area contributed by atoms with E-state index in [-0.39, 0.29) is 4.90 Å². The Morgan fingerprint density at radius 2 is 1.34 bits per heavy atom. The first-order valence-corrected chi connectivity index (χ1v) is 12.2. The minimum Gasteiger partial charge on any atom is -0.266 e. The molecule has 160 valence electrons. The zero-order valence-corrected chi connectivity index (χ0v) is 19.2. The standard InChI is InChI=1S/C25H18Cl2N2O2S/c26-22-14-21(15-23(27)16-22)17-1-4-24(5-2-17)32(30,31)29-12-9-20-13-19(3-6-25(20)29)18-7-10-28-11-8-18/h1-8,10-11,13-16H,9,12H2. The molecule has 0 spiro atoms. The van der Waals surface area contributed by atoms with E-state index in [9.17, 15) is 8.42 Å². The van der Waals surface area contributed by atoms with Crippen molar-refractivity contribution in [3.8, 4) is 22.3 Å². The third kappa shape index (κ3) is 3.88. The fourth-order valence-electron chi connectivity index (χ4n) is 4.01. The zero-order valence-electron chi connectivity index (χ0n) is 16.9. The van der Waals surface area contributed by atoms with Crippen LogP contribution in [0.3, 0.4) is 0 Å². The molecule has 3 aromatic carbocycles. The van der Waals surface area contributed by atoms with Crippen molar-refractivity contribution in [2.45, 2.75) is 11.3 Å². The summed E-state index contributed by atoms with van der Waals surface area (Å²) in [6.45, 7) is 0.420. The van der Waals surface area contributed by atoms with Crippen LogP contribution in [-0.2, 0) is 16.4 Å². The molecule has 0 aliphatic carbocycles. The van der Waals surface area contributed by atoms with Crippen LogP contribution in [0.1, 0.15) is 5.56 Å². The van der Waals surface area contributed by atoms with Crippen molar-refractivity contribution in [2.24, 2.45) is 0 Å². The number of nitrogens with zero attached hydrogens (tertiary/aromatic N) is 2. The average Bonchev–Trinajstić information content (AvgIpc) is 3.23. The molecule has 0 unspecified atom stereocenters. The van der Waals surface area contributed by atoms with E-state index < -0.39 is 10.0 Å². The Morgan fingerprint density at radius 1 is 0.719 bits per heavy atom. The van der Waals surface area contributed by atoms with Crippen LogP contribution in [0.5, 0.6) is 0 Å². The van der Waals surface area contributed by atoms with Crippen LogP contribution in [0, 0.1) is 0 Å². The molecule has 1 aliphatic rings. The van der Waals surface area contributed by atoms with Crippen LogP contribution in [0.25, 0.3) is 22.3 Å². The van der Waals surface area contributed by atoms with Crippen LogP contribution in [-0.4, -0.2) is 19.9 Å². The molecule has 0 N–H and O–H groups in total. The molecule has 0 saturated heterocycles. The van der Waals surface area contributed by atoms with E-state index in [1.165, 1.54) is 4.31 Å². The van der Waals surface area contributed by atoms with E-state index in [2.05, 4.69) is 11.1 Å². The second-order valence-corrected chi connectivity index (χ2v) is 10.3. The van der Waals surface area contributed by atoms with Gasteiger partial charge < -0.3 is 0 Å². The molecule has 0 amide bonds. The lowest BCUT2D eigenvalue weighted by Crippen LogP contribution is -2.29. The molecule has 0 atom stereocenters. The minimum absolute atomic E-state index is 0.250. The Kier molecular flexibility index (Phi) is 5.41. The van der Waals surface area contributed by atoms with Gasteiger partial charge in [-0.15, -0.1) is 0 Å². The summed E-state index contributed by atoms with van der Waals surface area (Å²) in [5, 5.41) is 1.06. The summed E-state index contributed by atoms with van der Waals surface area (Å²) in [7, 11) is -3.67. The number of sulfonamides is 1. The Hall–Kier alpha value is -2.86. The van der Waals surface area contributed by atoms with Gasteiger partial charge in [-0.2, -0.15) is 0 Å². The topological polar surface area (TPSA) is 50.3 Å². The lowest BCUT2D eigenvalue weighted by molar-refractivity contribution is 0.592. The maximum Gasteiger partial charge on any atom is 0.264 e. The second-order valence-electron chi connectivity index (χ2n) is 7.59. The predicted molar refractivity (Wildman–Crippen MR) is 130 cm³/mol. The summed E-state index contributed by atoms with van der Waals surface area (Å²) in [6, 6.07) is 21.9. The smallest absolute Gasteiger partial charge is 0.264 e. The minimum atomic E-state index is -3.67. The highest BCUT2D eigenvalue weighted by atomic mass is 35.5. The molecule has 0 radical (unpaired) electrons. The summed E-state index contributed by atoms with van der Waals surface area (Å²) >= 11 is 12.2. The molecule has 0 fully saturated rings. The van der Waals surface area contributed by atoms with Crippen molar-refractivity contribution in [1.29, 1.82) is 0 Å². The average molecular weight is 481 g/mol. The number of benzene rings is 3. The number of pyridine rings is 1. The van der Waals surface area contributed by atoms with Gasteiger partial charge in [-0.1, -0.05) is 41.4 Å². The van der Waals surface area contributed by atoms with Crippen LogP contribution < -0.4 is 4.31 Å². The molecule has 5 rings (SSSR count). The van der Waals surface area contributed by atoms with Crippen LogP contribution in [0.4, 0.5) is 5.69 Å². The third-order valence-corrected chi connectivity index (χ3v) is 7.85. The number of anilines is 1. The van der Waals surface area contributed by atoms with Gasteiger partial charge in [-0.05, 0) is 88.8 Å². The van der Waals surface area contributed by atoms with Gasteiger partial charge in [0, 0.05) is 29.0 Å². The zero-order chi connectivity index (χ0) is 22.3. The highest BCUT2D eigenvalue weighted by Gasteiger charge is 2.31. The largest absolute Gasteiger partial charge is 0.266 e. The van der Waals surface area contributed by atoms with E-state index in [0.29, 0.717) is 23.0 Å². The molecule has 4 aromatic rings. The fraction of sp³-hybridized carbons (Fsp3) is 0.0800. The molecule has 4 nitrogen and oxygen atoms in total. The second kappa shape index (κ2) is 8.24. The van der Waals surface area contributed by atoms with Crippen molar-refractivity contribution in [1.82, 2.24) is 4.98 Å². The molecule has 1 aliphatic heterocycles. The van der Waals surface area contributed by atoms with Crippen molar-refractivity contribution in [3.05, 3.63) is 101 Å². The van der Waals surface area contributed by atoms with E-state index >= 15 is 0 Å². The van der Waals surface area contributed by atoms with Gasteiger partial charge in [0.25, 0.3) is 10.0 Å². The molecule has 0 bridgehead atoms. The van der Waals surface area contributed by atoms with Crippen LogP contribution >= 0.6 is 23.2 Å². The van der Waals surface area contributed by atoms with E-state index in [0.717, 1.165) is 33.5 Å². The predicted octanol–water partition coefficient (Wildman–Crippen LogP) is 6.47. The molecular weight excluding hydrogens is 463 g/mol. The maximum atomic E-state index is 13.4. The van der Waals surface area contributed by atoms with E-state index in [1.807, 2.05) is 24.3 Å². The normalized spacial score (nSPS) is 13.2. The van der Waals surface area contributed by atoms with Crippen molar-refractivity contribution >= 4 is 38.9 Å². The van der Waals surface area contributed by atoms with Gasteiger partial charge in [0.2, 0.25) is 0 Å². The molecule has 1 aromatic heterocycles. The van der Waals surface area contributed by atoms with Crippen LogP contribution in [0.2, 0.25) is 10.0 Å². The summed E-state index contributed by atoms with van der Waals surface area (Å²) < 4.78 is 28.3. The number of fused-ring (bicyclic) bond motifs is 1. The highest BCUT2D eigenvalue weighted by molar-refractivity contribution is 7.92. The number of hydrogen-bond donors (Lipinski definition) is 0. The number of hydrogen-bond acceptors (Lipinski definition) is 3. The first-order chi connectivity index (χ1) is 15.4. The Bertz CT molecular complexity index is 1390. The van der Waals surface area contributed by atoms with Gasteiger partial charge >= 0.3 is 0 Å². The molecule has 7 heteroatoms. The molecule has 0 saturated carbocycles. The summed E-state index contributed by atoms with van der Waals surface area (Å²) in [4.78, 5) is 4.31. The monoisotopic (exact) mass is 480 g/mol. The number of aromatic nitrogens is 1. The maximum absolute atomic E-state index is 13.4. The fourth-order valence-corrected chi connectivity index (χ4v) is 6.04. The van der Waals surface area contributed by atoms with Crippen LogP contribution in [0.15, 0.2) is 90.1 Å². The lowest BCUT2D eigenvalue weighted by Gasteiger charge is -2.20. The SMILES string of the molecule is O=S(=O)(c1ccc(-c2cc(Cl)cc(Cl)c2)cc1)N1CCc2cc(-c3ccncc3)ccc21. The quantitative estimate of drug-likeness (QED) is 0.336. The Labute approximate surface area is 197 Å². The molecule has 2 heterocycles. The Morgan fingerprint density at radius 3 is 2.03 bits per heavy atom. The van der Waals surface area contributed by atoms with E-state index in [4.69, 9.17) is 23.2 Å². The van der Waals surface area contributed by atoms with Crippen molar-refractivity contribution in [3.63, 3.8) is 0 Å². The molecule has 32 heavy (non-hydrogen) atoms. The van der Waals surface area contributed by atoms with Gasteiger partial charge in [0.15, 0.2) is 0 Å². The summed E-state index contributed by atoms with van der Waals surface area (Å²) in [5.41, 5.74) is 5.54.